The second-order valence-corrected chi connectivity index (χ2v) is 7.18. The number of carbonyl (C=O) groups excluding carboxylic acids is 2. The first-order valence-electron chi connectivity index (χ1n) is 8.48. The van der Waals surface area contributed by atoms with Crippen LogP contribution in [-0.2, 0) is 24.2 Å². The number of benzene rings is 1. The highest BCUT2D eigenvalue weighted by molar-refractivity contribution is 7.16. The lowest BCUT2D eigenvalue weighted by Gasteiger charge is -2.09. The fourth-order valence-corrected chi connectivity index (χ4v) is 4.25. The normalized spacial score (nSPS) is 12.3. The van der Waals surface area contributed by atoms with Gasteiger partial charge >= 0.3 is 5.97 Å². The molecule has 5 nitrogen and oxygen atoms in total. The van der Waals surface area contributed by atoms with Gasteiger partial charge in [-0.05, 0) is 49.1 Å². The van der Waals surface area contributed by atoms with Crippen molar-refractivity contribution in [1.29, 1.82) is 0 Å². The molecule has 0 saturated heterocycles. The Hall–Kier alpha value is -1.89. The van der Waals surface area contributed by atoms with Gasteiger partial charge in [-0.15, -0.1) is 23.7 Å². The van der Waals surface area contributed by atoms with Crippen LogP contribution < -0.4 is 10.6 Å². The van der Waals surface area contributed by atoms with Crippen molar-refractivity contribution in [3.05, 3.63) is 50.9 Å². The van der Waals surface area contributed by atoms with E-state index in [1.54, 1.807) is 6.92 Å². The summed E-state index contributed by atoms with van der Waals surface area (Å²) in [6.45, 7) is 7.67. The average molecular weight is 395 g/mol. The van der Waals surface area contributed by atoms with Crippen molar-refractivity contribution >= 4 is 40.6 Å². The monoisotopic (exact) mass is 394 g/mol. The van der Waals surface area contributed by atoms with Crippen molar-refractivity contribution in [2.24, 2.45) is 0 Å². The summed E-state index contributed by atoms with van der Waals surface area (Å²) in [7, 11) is 0. The molecule has 0 aliphatic carbocycles. The molecule has 1 aliphatic rings. The molecule has 0 bridgehead atoms. The fourth-order valence-electron chi connectivity index (χ4n) is 3.12. The summed E-state index contributed by atoms with van der Waals surface area (Å²) in [4.78, 5) is 26.1. The second-order valence-electron chi connectivity index (χ2n) is 5.96. The van der Waals surface area contributed by atoms with Crippen molar-refractivity contribution in [3.63, 3.8) is 0 Å². The first kappa shape index (κ1) is 20.4. The van der Waals surface area contributed by atoms with E-state index in [0.29, 0.717) is 22.7 Å². The predicted molar refractivity (Wildman–Crippen MR) is 107 cm³/mol. The molecule has 0 fully saturated rings. The van der Waals surface area contributed by atoms with Crippen molar-refractivity contribution < 1.29 is 14.3 Å². The first-order chi connectivity index (χ1) is 12.0. The number of carbonyl (C=O) groups is 2. The molecule has 0 saturated carbocycles. The van der Waals surface area contributed by atoms with E-state index in [1.807, 2.05) is 32.0 Å². The summed E-state index contributed by atoms with van der Waals surface area (Å²) in [6.07, 6.45) is 0.719. The van der Waals surface area contributed by atoms with Gasteiger partial charge in [-0.1, -0.05) is 13.0 Å². The smallest absolute Gasteiger partial charge is 0.341 e. The Morgan fingerprint density at radius 2 is 1.96 bits per heavy atom. The van der Waals surface area contributed by atoms with Crippen LogP contribution in [0.25, 0.3) is 0 Å². The van der Waals surface area contributed by atoms with Crippen LogP contribution in [0.1, 0.15) is 56.1 Å². The summed E-state index contributed by atoms with van der Waals surface area (Å²) >= 11 is 1.42. The van der Waals surface area contributed by atoms with Crippen LogP contribution in [0.3, 0.4) is 0 Å². The summed E-state index contributed by atoms with van der Waals surface area (Å²) in [5, 5.41) is 6.75. The third-order valence-electron chi connectivity index (χ3n) is 4.37. The van der Waals surface area contributed by atoms with E-state index < -0.39 is 0 Å². The molecule has 0 spiro atoms. The fraction of sp³-hybridized carbons (Fsp3) is 0.368. The molecule has 1 aromatic carbocycles. The molecule has 140 valence electrons. The summed E-state index contributed by atoms with van der Waals surface area (Å²) in [5.74, 6) is -0.582. The molecule has 1 aromatic heterocycles. The van der Waals surface area contributed by atoms with Gasteiger partial charge in [-0.2, -0.15) is 0 Å². The number of aryl methyl sites for hydroxylation is 1. The van der Waals surface area contributed by atoms with Gasteiger partial charge < -0.3 is 15.4 Å². The molecule has 2 heterocycles. The van der Waals surface area contributed by atoms with Gasteiger partial charge in [-0.3, -0.25) is 4.79 Å². The van der Waals surface area contributed by atoms with Crippen LogP contribution in [0.5, 0.6) is 0 Å². The SMILES string of the molecule is CCOC(=O)c1c(NC(=O)c2ccc3c(c2)CNC3)sc(C)c1CC.Cl. The zero-order valence-corrected chi connectivity index (χ0v) is 16.7. The van der Waals surface area contributed by atoms with Gasteiger partial charge in [0.05, 0.1) is 12.2 Å². The number of ether oxygens (including phenoxy) is 1. The minimum atomic E-state index is -0.378. The maximum Gasteiger partial charge on any atom is 0.341 e. The number of hydrogen-bond donors (Lipinski definition) is 2. The third kappa shape index (κ3) is 3.92. The molecule has 1 amide bonds. The van der Waals surface area contributed by atoms with Crippen LogP contribution in [0.2, 0.25) is 0 Å². The molecule has 0 atom stereocenters. The highest BCUT2D eigenvalue weighted by Gasteiger charge is 2.24. The summed E-state index contributed by atoms with van der Waals surface area (Å²) in [6, 6.07) is 5.72. The lowest BCUT2D eigenvalue weighted by atomic mass is 10.1. The molecule has 2 N–H and O–H groups in total. The van der Waals surface area contributed by atoms with Gasteiger partial charge in [0.1, 0.15) is 5.00 Å². The second kappa shape index (κ2) is 8.66. The molecule has 2 aromatic rings. The van der Waals surface area contributed by atoms with E-state index in [9.17, 15) is 9.59 Å². The Bertz CT molecular complexity index is 832. The zero-order chi connectivity index (χ0) is 18.0. The molecule has 0 radical (unpaired) electrons. The van der Waals surface area contributed by atoms with Gasteiger partial charge in [0.2, 0.25) is 0 Å². The standard InChI is InChI=1S/C19H22N2O3S.ClH/c1-4-15-11(3)25-18(16(15)19(23)24-5-2)21-17(22)12-6-7-13-9-20-10-14(13)8-12;/h6-8,20H,4-5,9-10H2,1-3H3,(H,21,22);1H. The Morgan fingerprint density at radius 1 is 1.23 bits per heavy atom. The molecule has 3 rings (SSSR count). The maximum absolute atomic E-state index is 12.7. The van der Waals surface area contributed by atoms with Crippen LogP contribution >= 0.6 is 23.7 Å². The molecule has 0 unspecified atom stereocenters. The number of fused-ring (bicyclic) bond motifs is 1. The largest absolute Gasteiger partial charge is 0.462 e. The van der Waals surface area contributed by atoms with E-state index in [0.717, 1.165) is 35.5 Å². The number of rotatable bonds is 5. The Labute approximate surface area is 163 Å². The van der Waals surface area contributed by atoms with Gasteiger partial charge in [-0.25, -0.2) is 4.79 Å². The molecular weight excluding hydrogens is 372 g/mol. The summed E-state index contributed by atoms with van der Waals surface area (Å²) < 4.78 is 5.18. The predicted octanol–water partition coefficient (Wildman–Crippen LogP) is 4.07. The van der Waals surface area contributed by atoms with Gasteiger partial charge in [0, 0.05) is 23.5 Å². The number of amides is 1. The molecule has 26 heavy (non-hydrogen) atoms. The van der Waals surface area contributed by atoms with Crippen molar-refractivity contribution in [3.8, 4) is 0 Å². The van der Waals surface area contributed by atoms with E-state index >= 15 is 0 Å². The molecule has 7 heteroatoms. The van der Waals surface area contributed by atoms with Gasteiger partial charge in [0.15, 0.2) is 0 Å². The number of hydrogen-bond acceptors (Lipinski definition) is 5. The Balaban J connectivity index is 0.00000243. The lowest BCUT2D eigenvalue weighted by molar-refractivity contribution is 0.0527. The minimum absolute atomic E-state index is 0. The van der Waals surface area contributed by atoms with Crippen molar-refractivity contribution in [2.45, 2.75) is 40.3 Å². The van der Waals surface area contributed by atoms with Crippen LogP contribution in [0, 0.1) is 6.92 Å². The topological polar surface area (TPSA) is 67.4 Å². The average Bonchev–Trinajstić information content (AvgIpc) is 3.17. The number of anilines is 1. The van der Waals surface area contributed by atoms with E-state index in [4.69, 9.17) is 4.74 Å². The number of halogens is 1. The van der Waals surface area contributed by atoms with Crippen LogP contribution in [0.15, 0.2) is 18.2 Å². The third-order valence-corrected chi connectivity index (χ3v) is 5.43. The number of thiophene rings is 1. The number of esters is 1. The van der Waals surface area contributed by atoms with Crippen molar-refractivity contribution in [2.75, 3.05) is 11.9 Å². The Morgan fingerprint density at radius 3 is 2.65 bits per heavy atom. The minimum Gasteiger partial charge on any atom is -0.462 e. The van der Waals surface area contributed by atoms with E-state index in [1.165, 1.54) is 16.9 Å². The van der Waals surface area contributed by atoms with Gasteiger partial charge in [0.25, 0.3) is 5.91 Å². The molecular formula is C19H23ClN2O3S. The lowest BCUT2D eigenvalue weighted by Crippen LogP contribution is -2.15. The first-order valence-corrected chi connectivity index (χ1v) is 9.30. The van der Waals surface area contributed by atoms with Crippen molar-refractivity contribution in [1.82, 2.24) is 5.32 Å². The highest BCUT2D eigenvalue weighted by Crippen LogP contribution is 2.34. The molecule has 1 aliphatic heterocycles. The van der Waals surface area contributed by atoms with E-state index in [2.05, 4.69) is 10.6 Å². The quantitative estimate of drug-likeness (QED) is 0.750. The Kier molecular flexibility index (Phi) is 6.81. The van der Waals surface area contributed by atoms with Crippen LogP contribution in [0.4, 0.5) is 5.00 Å². The van der Waals surface area contributed by atoms with E-state index in [-0.39, 0.29) is 24.3 Å². The summed E-state index contributed by atoms with van der Waals surface area (Å²) in [5.41, 5.74) is 4.40. The zero-order valence-electron chi connectivity index (χ0n) is 15.1. The van der Waals surface area contributed by atoms with Crippen LogP contribution in [-0.4, -0.2) is 18.5 Å². The maximum atomic E-state index is 12.7. The number of nitrogens with one attached hydrogen (secondary N) is 2. The highest BCUT2D eigenvalue weighted by atomic mass is 35.5.